The van der Waals surface area contributed by atoms with Crippen molar-refractivity contribution in [2.45, 2.75) is 32.4 Å². The number of carboxylic acid groups (broad SMARTS) is 1. The van der Waals surface area contributed by atoms with Gasteiger partial charge in [-0.15, -0.1) is 0 Å². The van der Waals surface area contributed by atoms with Gasteiger partial charge in [-0.1, -0.05) is 30.3 Å². The van der Waals surface area contributed by atoms with Gasteiger partial charge in [0.25, 0.3) is 0 Å². The summed E-state index contributed by atoms with van der Waals surface area (Å²) in [5.41, 5.74) is 4.40. The zero-order chi connectivity index (χ0) is 27.5. The third kappa shape index (κ3) is 5.53. The van der Waals surface area contributed by atoms with Crippen LogP contribution in [-0.2, 0) is 4.79 Å². The van der Waals surface area contributed by atoms with Gasteiger partial charge in [0.15, 0.2) is 5.11 Å². The van der Waals surface area contributed by atoms with Gasteiger partial charge in [0, 0.05) is 30.4 Å². The Morgan fingerprint density at radius 3 is 2.56 bits per heavy atom. The van der Waals surface area contributed by atoms with Crippen molar-refractivity contribution >= 4 is 34.9 Å². The molecule has 0 radical (unpaired) electrons. The first-order chi connectivity index (χ1) is 18.8. The van der Waals surface area contributed by atoms with E-state index in [9.17, 15) is 14.7 Å². The Hall–Kier alpha value is -4.50. The quantitative estimate of drug-likeness (QED) is 0.246. The Kier molecular flexibility index (Phi) is 7.42. The number of rotatable bonds is 8. The lowest BCUT2D eigenvalue weighted by Crippen LogP contribution is -2.32. The van der Waals surface area contributed by atoms with Gasteiger partial charge in [0.2, 0.25) is 5.91 Å². The molecular weight excluding hydrogens is 512 g/mol. The van der Waals surface area contributed by atoms with E-state index >= 15 is 0 Å². The van der Waals surface area contributed by atoms with Crippen molar-refractivity contribution in [2.24, 2.45) is 0 Å². The third-order valence-electron chi connectivity index (χ3n) is 6.85. The number of carboxylic acids is 1. The second-order valence-corrected chi connectivity index (χ2v) is 9.86. The first kappa shape index (κ1) is 26.1. The van der Waals surface area contributed by atoms with Crippen molar-refractivity contribution in [3.8, 4) is 11.3 Å². The first-order valence-electron chi connectivity index (χ1n) is 12.6. The predicted octanol–water partition coefficient (Wildman–Crippen LogP) is 5.66. The summed E-state index contributed by atoms with van der Waals surface area (Å²) >= 11 is 5.71. The first-order valence-corrected chi connectivity index (χ1v) is 13.0. The molecule has 5 rings (SSSR count). The minimum absolute atomic E-state index is 0.110. The molecule has 2 atom stereocenters. The maximum atomic E-state index is 12.8. The molecule has 1 aliphatic heterocycles. The lowest BCUT2D eigenvalue weighted by molar-refractivity contribution is -0.116. The molecule has 0 bridgehead atoms. The van der Waals surface area contributed by atoms with Crippen molar-refractivity contribution in [3.63, 3.8) is 0 Å². The smallest absolute Gasteiger partial charge is 0.335 e. The van der Waals surface area contributed by atoms with E-state index in [0.717, 1.165) is 28.1 Å². The largest absolute Gasteiger partial charge is 0.478 e. The number of aromatic carboxylic acids is 1. The van der Waals surface area contributed by atoms with E-state index in [-0.39, 0.29) is 30.0 Å². The minimum Gasteiger partial charge on any atom is -0.478 e. The number of hydrogen-bond donors (Lipinski definition) is 3. The Bertz CT molecular complexity index is 1530. The van der Waals surface area contributed by atoms with Gasteiger partial charge >= 0.3 is 5.97 Å². The van der Waals surface area contributed by atoms with Crippen LogP contribution in [-0.4, -0.2) is 38.5 Å². The number of carbonyl (C=O) groups excluding carboxylic acids is 1. The monoisotopic (exact) mass is 540 g/mol. The summed E-state index contributed by atoms with van der Waals surface area (Å²) in [5.74, 6) is 0.195. The number of thiocarbonyl (C=S) groups is 1. The summed E-state index contributed by atoms with van der Waals surface area (Å²) in [6.45, 7) is 4.18. The van der Waals surface area contributed by atoms with Crippen LogP contribution in [0, 0.1) is 13.8 Å². The van der Waals surface area contributed by atoms with Crippen LogP contribution in [0.4, 0.5) is 5.69 Å². The van der Waals surface area contributed by atoms with Crippen molar-refractivity contribution in [3.05, 3.63) is 107 Å². The van der Waals surface area contributed by atoms with E-state index in [4.69, 9.17) is 16.6 Å². The number of anilines is 1. The number of para-hydroxylation sites is 1. The highest BCUT2D eigenvalue weighted by Crippen LogP contribution is 2.41. The number of nitrogens with one attached hydrogen (secondary N) is 2. The van der Waals surface area contributed by atoms with Gasteiger partial charge in [-0.2, -0.15) is 0 Å². The van der Waals surface area contributed by atoms with Crippen LogP contribution in [0.1, 0.15) is 51.4 Å². The molecule has 0 unspecified atom stereocenters. The molecule has 1 fully saturated rings. The molecule has 1 saturated heterocycles. The predicted molar refractivity (Wildman–Crippen MR) is 152 cm³/mol. The van der Waals surface area contributed by atoms with Gasteiger partial charge in [0.1, 0.15) is 17.6 Å². The molecule has 0 aliphatic carbocycles. The summed E-state index contributed by atoms with van der Waals surface area (Å²) in [6.07, 6.45) is 1.96. The molecule has 1 aliphatic rings. The van der Waals surface area contributed by atoms with Crippen molar-refractivity contribution in [1.82, 2.24) is 15.2 Å². The topological polar surface area (TPSA) is 108 Å². The fourth-order valence-electron chi connectivity index (χ4n) is 4.83. The fourth-order valence-corrected chi connectivity index (χ4v) is 5.16. The summed E-state index contributed by atoms with van der Waals surface area (Å²) in [4.78, 5) is 30.7. The maximum absolute atomic E-state index is 12.8. The van der Waals surface area contributed by atoms with Crippen LogP contribution in [0.25, 0.3) is 11.3 Å². The van der Waals surface area contributed by atoms with Crippen molar-refractivity contribution in [2.75, 3.05) is 11.9 Å². The summed E-state index contributed by atoms with van der Waals surface area (Å²) < 4.78 is 6.37. The SMILES string of the molecule is Cc1ccccc1NC(=O)CCN1C(=S)N[C@@H](c2ccccn2)[C@@H]1c1ccc(-c2ccc(C(=O)O)cc2C)o1. The van der Waals surface area contributed by atoms with E-state index in [2.05, 4.69) is 15.6 Å². The number of furan rings is 1. The number of carbonyl (C=O) groups is 2. The summed E-state index contributed by atoms with van der Waals surface area (Å²) in [7, 11) is 0. The highest BCUT2D eigenvalue weighted by atomic mass is 32.1. The fraction of sp³-hybridized carbons (Fsp3) is 0.200. The summed E-state index contributed by atoms with van der Waals surface area (Å²) in [5, 5.41) is 16.2. The normalized spacial score (nSPS) is 16.7. The molecular formula is C30H28N4O4S. The van der Waals surface area contributed by atoms with Crippen LogP contribution >= 0.6 is 12.2 Å². The van der Waals surface area contributed by atoms with Crippen molar-refractivity contribution < 1.29 is 19.1 Å². The number of nitrogens with zero attached hydrogens (tertiary/aromatic N) is 2. The van der Waals surface area contributed by atoms with Gasteiger partial charge < -0.3 is 25.1 Å². The van der Waals surface area contributed by atoms with Gasteiger partial charge in [0.05, 0.1) is 17.3 Å². The van der Waals surface area contributed by atoms with E-state index in [1.165, 1.54) is 0 Å². The molecule has 9 heteroatoms. The van der Waals surface area contributed by atoms with Gasteiger partial charge in [-0.3, -0.25) is 9.78 Å². The highest BCUT2D eigenvalue weighted by molar-refractivity contribution is 7.80. The van der Waals surface area contributed by atoms with E-state index in [1.54, 1.807) is 24.4 Å². The van der Waals surface area contributed by atoms with Gasteiger partial charge in [-0.25, -0.2) is 4.79 Å². The average molecular weight is 541 g/mol. The van der Waals surface area contributed by atoms with Crippen LogP contribution in [0.15, 0.2) is 83.4 Å². The molecule has 1 amide bonds. The molecule has 0 saturated carbocycles. The Morgan fingerprint density at radius 2 is 1.85 bits per heavy atom. The Balaban J connectivity index is 1.42. The molecule has 198 valence electrons. The van der Waals surface area contributed by atoms with Gasteiger partial charge in [-0.05, 0) is 79.7 Å². The second kappa shape index (κ2) is 11.1. The molecule has 2 aromatic heterocycles. The van der Waals surface area contributed by atoms with Crippen LogP contribution in [0.2, 0.25) is 0 Å². The average Bonchev–Trinajstić information content (AvgIpc) is 3.53. The lowest BCUT2D eigenvalue weighted by Gasteiger charge is -2.26. The molecule has 8 nitrogen and oxygen atoms in total. The van der Waals surface area contributed by atoms with Crippen molar-refractivity contribution in [1.29, 1.82) is 0 Å². The van der Waals surface area contributed by atoms with E-state index in [0.29, 0.717) is 23.2 Å². The Labute approximate surface area is 231 Å². The highest BCUT2D eigenvalue weighted by Gasteiger charge is 2.41. The molecule has 2 aromatic carbocycles. The van der Waals surface area contributed by atoms with E-state index in [1.807, 2.05) is 73.3 Å². The number of amides is 1. The zero-order valence-corrected chi connectivity index (χ0v) is 22.4. The second-order valence-electron chi connectivity index (χ2n) is 9.47. The maximum Gasteiger partial charge on any atom is 0.335 e. The Morgan fingerprint density at radius 1 is 1.05 bits per heavy atom. The number of aromatic nitrogens is 1. The minimum atomic E-state index is -0.976. The molecule has 0 spiro atoms. The third-order valence-corrected chi connectivity index (χ3v) is 7.21. The summed E-state index contributed by atoms with van der Waals surface area (Å²) in [6, 6.07) is 21.5. The number of aryl methyl sites for hydroxylation is 2. The lowest BCUT2D eigenvalue weighted by atomic mass is 10.0. The number of pyridine rings is 1. The zero-order valence-electron chi connectivity index (χ0n) is 21.5. The standard InChI is InChI=1S/C30H28N4O4S/c1-18-7-3-4-8-22(18)32-26(35)14-16-34-28(27(33-30(34)39)23-9-5-6-15-31-23)25-13-12-24(38-25)21-11-10-20(29(36)37)17-19(21)2/h3-13,15,17,27-28H,14,16H2,1-2H3,(H,32,35)(H,33,39)(H,36,37)/t27-,28-/m0/s1. The van der Waals surface area contributed by atoms with Crippen LogP contribution in [0.3, 0.4) is 0 Å². The van der Waals surface area contributed by atoms with E-state index < -0.39 is 5.97 Å². The molecule has 3 N–H and O–H groups in total. The molecule has 3 heterocycles. The van der Waals surface area contributed by atoms with Crippen LogP contribution < -0.4 is 10.6 Å². The molecule has 39 heavy (non-hydrogen) atoms. The molecule has 4 aromatic rings. The van der Waals surface area contributed by atoms with Crippen LogP contribution in [0.5, 0.6) is 0 Å². The number of benzene rings is 2. The number of hydrogen-bond acceptors (Lipinski definition) is 5.